The normalized spacial score (nSPS) is 10.5. The molecule has 0 fully saturated rings. The van der Waals surface area contributed by atoms with E-state index in [0.717, 1.165) is 22.7 Å². The third kappa shape index (κ3) is 2.15. The summed E-state index contributed by atoms with van der Waals surface area (Å²) in [5, 5.41) is 0. The molecular weight excluding hydrogens is 206 g/mol. The number of hydrogen-bond acceptors (Lipinski definition) is 4. The van der Waals surface area contributed by atoms with Gasteiger partial charge < -0.3 is 5.73 Å². The van der Waals surface area contributed by atoms with Crippen molar-refractivity contribution < 1.29 is 0 Å². The van der Waals surface area contributed by atoms with E-state index in [2.05, 4.69) is 29.0 Å². The van der Waals surface area contributed by atoms with Crippen LogP contribution in [0.1, 0.15) is 17.5 Å². The number of anilines is 1. The lowest BCUT2D eigenvalue weighted by Gasteiger charge is -1.99. The minimum atomic E-state index is 0.344. The van der Waals surface area contributed by atoms with E-state index in [0.29, 0.717) is 5.95 Å². The highest BCUT2D eigenvalue weighted by molar-refractivity contribution is 7.15. The van der Waals surface area contributed by atoms with E-state index >= 15 is 0 Å². The molecule has 3 nitrogen and oxygen atoms in total. The molecule has 0 aliphatic heterocycles. The molecule has 0 atom stereocenters. The molecule has 2 aromatic rings. The molecule has 0 unspecified atom stereocenters. The van der Waals surface area contributed by atoms with Crippen LogP contribution in [-0.2, 0) is 6.42 Å². The Hall–Kier alpha value is -1.42. The molecule has 2 N–H and O–H groups in total. The van der Waals surface area contributed by atoms with E-state index in [1.54, 1.807) is 11.3 Å². The molecular formula is C11H13N3S. The SMILES string of the molecule is CCc1ccc(-c2cc(C)nc(N)n2)s1. The second-order valence-corrected chi connectivity index (χ2v) is 4.54. The van der Waals surface area contributed by atoms with Gasteiger partial charge in [0.05, 0.1) is 10.6 Å². The van der Waals surface area contributed by atoms with Crippen molar-refractivity contribution in [1.82, 2.24) is 9.97 Å². The fourth-order valence-corrected chi connectivity index (χ4v) is 2.33. The maximum atomic E-state index is 5.62. The maximum absolute atomic E-state index is 5.62. The number of nitrogens with two attached hydrogens (primary N) is 1. The summed E-state index contributed by atoms with van der Waals surface area (Å²) in [5.41, 5.74) is 7.45. The Labute approximate surface area is 93.0 Å². The van der Waals surface area contributed by atoms with Crippen LogP contribution in [0.3, 0.4) is 0 Å². The number of hydrogen-bond donors (Lipinski definition) is 1. The summed E-state index contributed by atoms with van der Waals surface area (Å²) in [6, 6.07) is 6.18. The van der Waals surface area contributed by atoms with E-state index in [9.17, 15) is 0 Å². The zero-order chi connectivity index (χ0) is 10.8. The first-order valence-electron chi connectivity index (χ1n) is 4.89. The Morgan fingerprint density at radius 1 is 1.33 bits per heavy atom. The minimum Gasteiger partial charge on any atom is -0.368 e. The average molecular weight is 219 g/mol. The van der Waals surface area contributed by atoms with Crippen LogP contribution in [0.25, 0.3) is 10.6 Å². The van der Waals surface area contributed by atoms with Gasteiger partial charge in [0.25, 0.3) is 0 Å². The van der Waals surface area contributed by atoms with Crippen molar-refractivity contribution in [2.75, 3.05) is 5.73 Å². The highest BCUT2D eigenvalue weighted by atomic mass is 32.1. The molecule has 0 spiro atoms. The van der Waals surface area contributed by atoms with Gasteiger partial charge in [-0.2, -0.15) is 0 Å². The molecule has 0 aliphatic carbocycles. The van der Waals surface area contributed by atoms with Crippen LogP contribution in [0, 0.1) is 6.92 Å². The molecule has 2 aromatic heterocycles. The molecule has 0 aromatic carbocycles. The van der Waals surface area contributed by atoms with Crippen LogP contribution in [0.2, 0.25) is 0 Å². The zero-order valence-corrected chi connectivity index (χ0v) is 9.64. The molecule has 0 amide bonds. The van der Waals surface area contributed by atoms with E-state index < -0.39 is 0 Å². The standard InChI is InChI=1S/C11H13N3S/c1-3-8-4-5-10(15-8)9-6-7(2)13-11(12)14-9/h4-6H,3H2,1-2H3,(H2,12,13,14). The van der Waals surface area contributed by atoms with Crippen LogP contribution >= 0.6 is 11.3 Å². The van der Waals surface area contributed by atoms with Crippen LogP contribution in [0.4, 0.5) is 5.95 Å². The molecule has 15 heavy (non-hydrogen) atoms. The van der Waals surface area contributed by atoms with E-state index in [1.165, 1.54) is 4.88 Å². The Bertz CT molecular complexity index is 456. The third-order valence-electron chi connectivity index (χ3n) is 2.13. The van der Waals surface area contributed by atoms with E-state index in [1.807, 2.05) is 13.0 Å². The van der Waals surface area contributed by atoms with Crippen LogP contribution < -0.4 is 5.73 Å². The van der Waals surface area contributed by atoms with Crippen LogP contribution in [-0.4, -0.2) is 9.97 Å². The number of nitrogen functional groups attached to an aromatic ring is 1. The Morgan fingerprint density at radius 2 is 2.13 bits per heavy atom. The van der Waals surface area contributed by atoms with Gasteiger partial charge in [-0.15, -0.1) is 11.3 Å². The van der Waals surface area contributed by atoms with Gasteiger partial charge in [0.2, 0.25) is 5.95 Å². The number of rotatable bonds is 2. The molecule has 0 saturated heterocycles. The average Bonchev–Trinajstić information content (AvgIpc) is 2.64. The van der Waals surface area contributed by atoms with Gasteiger partial charge >= 0.3 is 0 Å². The van der Waals surface area contributed by atoms with Crippen LogP contribution in [0.5, 0.6) is 0 Å². The van der Waals surface area contributed by atoms with Gasteiger partial charge in [-0.25, -0.2) is 9.97 Å². The lowest BCUT2D eigenvalue weighted by molar-refractivity contribution is 1.13. The van der Waals surface area contributed by atoms with Gasteiger partial charge in [0.1, 0.15) is 0 Å². The van der Waals surface area contributed by atoms with Gasteiger partial charge in [0.15, 0.2) is 0 Å². The van der Waals surface area contributed by atoms with Crippen molar-refractivity contribution in [2.24, 2.45) is 0 Å². The number of thiophene rings is 1. The maximum Gasteiger partial charge on any atom is 0.220 e. The molecule has 4 heteroatoms. The lowest BCUT2D eigenvalue weighted by atomic mass is 10.3. The summed E-state index contributed by atoms with van der Waals surface area (Å²) in [4.78, 5) is 10.8. The summed E-state index contributed by atoms with van der Waals surface area (Å²) in [7, 11) is 0. The second-order valence-electron chi connectivity index (χ2n) is 3.37. The van der Waals surface area contributed by atoms with Crippen LogP contribution in [0.15, 0.2) is 18.2 Å². The third-order valence-corrected chi connectivity index (χ3v) is 3.39. The number of nitrogens with zero attached hydrogens (tertiary/aromatic N) is 2. The van der Waals surface area contributed by atoms with Gasteiger partial charge in [-0.1, -0.05) is 6.92 Å². The molecule has 78 valence electrons. The summed E-state index contributed by atoms with van der Waals surface area (Å²) in [5.74, 6) is 0.344. The lowest BCUT2D eigenvalue weighted by Crippen LogP contribution is -1.97. The molecule has 2 heterocycles. The van der Waals surface area contributed by atoms with Crippen molar-refractivity contribution in [3.8, 4) is 10.6 Å². The topological polar surface area (TPSA) is 51.8 Å². The smallest absolute Gasteiger partial charge is 0.220 e. The van der Waals surface area contributed by atoms with Crippen molar-refractivity contribution in [2.45, 2.75) is 20.3 Å². The minimum absolute atomic E-state index is 0.344. The zero-order valence-electron chi connectivity index (χ0n) is 8.82. The van der Waals surface area contributed by atoms with Gasteiger partial charge in [0, 0.05) is 10.6 Å². The van der Waals surface area contributed by atoms with Gasteiger partial charge in [-0.3, -0.25) is 0 Å². The van der Waals surface area contributed by atoms with Crippen molar-refractivity contribution in [3.63, 3.8) is 0 Å². The van der Waals surface area contributed by atoms with E-state index in [-0.39, 0.29) is 0 Å². The van der Waals surface area contributed by atoms with Crippen molar-refractivity contribution >= 4 is 17.3 Å². The first kappa shape index (κ1) is 10.1. The van der Waals surface area contributed by atoms with Gasteiger partial charge in [-0.05, 0) is 31.5 Å². The number of aromatic nitrogens is 2. The Kier molecular flexibility index (Phi) is 2.68. The first-order valence-corrected chi connectivity index (χ1v) is 5.71. The quantitative estimate of drug-likeness (QED) is 0.844. The molecule has 2 rings (SSSR count). The van der Waals surface area contributed by atoms with Crippen molar-refractivity contribution in [1.29, 1.82) is 0 Å². The largest absolute Gasteiger partial charge is 0.368 e. The van der Waals surface area contributed by atoms with E-state index in [4.69, 9.17) is 5.73 Å². The fraction of sp³-hybridized carbons (Fsp3) is 0.273. The highest BCUT2D eigenvalue weighted by Gasteiger charge is 2.05. The predicted octanol–water partition coefficient (Wildman–Crippen LogP) is 2.66. The molecule has 0 aliphatic rings. The summed E-state index contributed by atoms with van der Waals surface area (Å²) < 4.78 is 0. The fourth-order valence-electron chi connectivity index (χ4n) is 1.42. The monoisotopic (exact) mass is 219 g/mol. The highest BCUT2D eigenvalue weighted by Crippen LogP contribution is 2.27. The summed E-state index contributed by atoms with van der Waals surface area (Å²) in [6.45, 7) is 4.07. The summed E-state index contributed by atoms with van der Waals surface area (Å²) in [6.07, 6.45) is 1.06. The summed E-state index contributed by atoms with van der Waals surface area (Å²) >= 11 is 1.76. The van der Waals surface area contributed by atoms with Crippen molar-refractivity contribution in [3.05, 3.63) is 28.8 Å². The molecule has 0 saturated carbocycles. The molecule has 0 radical (unpaired) electrons. The predicted molar refractivity (Wildman–Crippen MR) is 63.9 cm³/mol. The number of aryl methyl sites for hydroxylation is 2. The molecule has 0 bridgehead atoms. The second kappa shape index (κ2) is 3.98. The first-order chi connectivity index (χ1) is 7.19. The Morgan fingerprint density at radius 3 is 2.73 bits per heavy atom. The Balaban J connectivity index is 2.44.